The zero-order valence-electron chi connectivity index (χ0n) is 52.0. The fourth-order valence-electron chi connectivity index (χ4n) is 15.1. The normalized spacial score (nSPS) is 26.0. The van der Waals surface area contributed by atoms with Crippen LogP contribution in [-0.2, 0) is 40.1 Å². The molecule has 0 bridgehead atoms. The molecule has 3 N–H and O–H groups in total. The van der Waals surface area contributed by atoms with Gasteiger partial charge in [-0.15, -0.1) is 15.3 Å². The van der Waals surface area contributed by atoms with Crippen LogP contribution in [0.25, 0.3) is 16.9 Å². The van der Waals surface area contributed by atoms with Crippen LogP contribution in [-0.4, -0.2) is 158 Å². The van der Waals surface area contributed by atoms with Gasteiger partial charge in [-0.2, -0.15) is 28.1 Å². The van der Waals surface area contributed by atoms with Crippen LogP contribution in [0.15, 0.2) is 54.6 Å². The number of aromatic nitrogens is 9. The Bertz CT molecular complexity index is 4040. The first kappa shape index (κ1) is 65.2. The number of likely N-dealkylation sites (tertiary alicyclic amines) is 3. The smallest absolute Gasteiger partial charge is 0.341 e. The molecule has 0 radical (unpaired) electrons. The lowest BCUT2D eigenvalue weighted by molar-refractivity contribution is -0.173. The lowest BCUT2D eigenvalue weighted by Crippen LogP contribution is -2.60. The summed E-state index contributed by atoms with van der Waals surface area (Å²) in [6.07, 6.45) is -0.304. The number of carbonyl (C=O) groups is 6. The summed E-state index contributed by atoms with van der Waals surface area (Å²) in [5.74, 6) is -10.6. The summed E-state index contributed by atoms with van der Waals surface area (Å²) in [5.41, 5.74) is -0.709. The third-order valence-corrected chi connectivity index (χ3v) is 21.4. The second-order valence-corrected chi connectivity index (χ2v) is 28.7. The first-order valence-electron chi connectivity index (χ1n) is 32.7. The monoisotopic (exact) mass is 1350 g/mol. The quantitative estimate of drug-likeness (QED) is 0.0916. The van der Waals surface area contributed by atoms with Crippen molar-refractivity contribution in [3.63, 3.8) is 0 Å². The molecule has 7 aliphatic carbocycles. The third-order valence-electron chi connectivity index (χ3n) is 21.4. The van der Waals surface area contributed by atoms with Crippen LogP contribution in [0.2, 0.25) is 0 Å². The van der Waals surface area contributed by atoms with E-state index in [1.807, 2.05) is 12.1 Å². The lowest BCUT2D eigenvalue weighted by Gasteiger charge is -2.54. The molecule has 9 heterocycles. The first-order chi connectivity index (χ1) is 45.4. The lowest BCUT2D eigenvalue weighted by atomic mass is 9.64. The Balaban J connectivity index is 0.000000124. The molecule has 6 aromatic heterocycles. The van der Waals surface area contributed by atoms with Gasteiger partial charge in [-0.1, -0.05) is 18.2 Å². The summed E-state index contributed by atoms with van der Waals surface area (Å²) in [7, 11) is 0. The Morgan fingerprint density at radius 3 is 1.28 bits per heavy atom. The van der Waals surface area contributed by atoms with Gasteiger partial charge in [0.2, 0.25) is 59.7 Å². The largest absolute Gasteiger partial charge is 0.397 e. The minimum Gasteiger partial charge on any atom is -0.341 e. The van der Waals surface area contributed by atoms with E-state index in [2.05, 4.69) is 46.2 Å². The number of fused-ring (bicyclic) bond motifs is 3. The molecular formula is C64H70F11N15O6. The summed E-state index contributed by atoms with van der Waals surface area (Å²) in [5, 5.41) is 20.7. The number of carbonyl (C=O) groups excluding carboxylic acids is 6. The Morgan fingerprint density at radius 1 is 0.479 bits per heavy atom. The van der Waals surface area contributed by atoms with E-state index < -0.39 is 90.5 Å². The zero-order chi connectivity index (χ0) is 67.7. The van der Waals surface area contributed by atoms with Crippen molar-refractivity contribution in [2.75, 3.05) is 55.2 Å². The molecule has 2 atom stereocenters. The summed E-state index contributed by atoms with van der Waals surface area (Å²) < 4.78 is 151. The molecule has 16 rings (SSSR count). The molecule has 514 valence electrons. The van der Waals surface area contributed by atoms with Crippen molar-refractivity contribution >= 4 is 70.2 Å². The van der Waals surface area contributed by atoms with Gasteiger partial charge in [0, 0.05) is 91.8 Å². The van der Waals surface area contributed by atoms with Crippen LogP contribution in [0, 0.1) is 39.9 Å². The summed E-state index contributed by atoms with van der Waals surface area (Å²) in [4.78, 5) is 88.8. The first-order valence-corrected chi connectivity index (χ1v) is 32.7. The van der Waals surface area contributed by atoms with Crippen molar-refractivity contribution in [1.29, 1.82) is 0 Å². The number of alkyl halides is 11. The van der Waals surface area contributed by atoms with Gasteiger partial charge in [0.05, 0.1) is 17.8 Å². The number of nitrogens with zero attached hydrogens (tertiary/aromatic N) is 12. The number of hydrogen-bond donors (Lipinski definition) is 3. The maximum absolute atomic E-state index is 16.0. The number of rotatable bonds is 13. The van der Waals surface area contributed by atoms with E-state index >= 15 is 8.78 Å². The Morgan fingerprint density at radius 2 is 0.865 bits per heavy atom. The predicted molar refractivity (Wildman–Crippen MR) is 318 cm³/mol. The van der Waals surface area contributed by atoms with Crippen molar-refractivity contribution in [2.45, 2.75) is 170 Å². The molecule has 96 heavy (non-hydrogen) atoms. The van der Waals surface area contributed by atoms with Crippen LogP contribution in [0.1, 0.15) is 151 Å². The van der Waals surface area contributed by atoms with Crippen LogP contribution >= 0.6 is 0 Å². The number of anilines is 3. The van der Waals surface area contributed by atoms with E-state index in [0.717, 1.165) is 57.1 Å². The standard InChI is InChI=1S/C22H23F4N5O2.C21H23F4N5O2.C21H24F3N5O2/c23-21(24)8-13(21)17(32)28-19-27-16-3-1-2-15(31(16)29-19)12-4-6-20(7-5-12)10-30(11-20)18(33)14-9-22(14,25)26;22-20(8-6-19(7-9-20)11-29(12-19)16(31)10-21(23,24)25)14-2-1-3-15-26-18(28-30(14)15)27-17(32)13-4-5-13;22-15(23)10-17(30)28-11-20(12-28)6-8-21(24,9-7-20)14-2-1-3-16-25-19(27-29(14)16)26-18(31)13-4-5-13/h1-3,12-14H,4-11H2,(H,28,29,32);1-3,13H,4-12H2,(H,27,28,32);1-3,13,15H,4-12H2,(H,26,27,31). The van der Waals surface area contributed by atoms with Gasteiger partial charge in [-0.3, -0.25) is 44.7 Å². The van der Waals surface area contributed by atoms with Gasteiger partial charge in [0.1, 0.15) is 18.3 Å². The average molecular weight is 1350 g/mol. The van der Waals surface area contributed by atoms with E-state index in [-0.39, 0.29) is 109 Å². The number of hydrogen-bond acceptors (Lipinski definition) is 12. The molecule has 32 heteroatoms. The Hall–Kier alpha value is -8.09. The molecular weight excluding hydrogens is 1280 g/mol. The summed E-state index contributed by atoms with van der Waals surface area (Å²) >= 11 is 0. The van der Waals surface area contributed by atoms with E-state index in [0.29, 0.717) is 80.2 Å². The van der Waals surface area contributed by atoms with Crippen LogP contribution in [0.3, 0.4) is 0 Å². The van der Waals surface area contributed by atoms with Crippen LogP contribution in [0.5, 0.6) is 0 Å². The SMILES string of the molecule is O=C(Nc1nc2cccc(C3(F)CCC4(CC3)CN(C(=O)CC(F)(F)F)C4)n2n1)C1CC1.O=C(Nc1nc2cccc(C3(F)CCC4(CC3)CN(C(=O)CC(F)F)C4)n2n1)C1CC1.O=C(Nc1nc2cccc(C3CCC4(CC3)CN(C(=O)C3CC3(F)F)C4)n2n1)C1CC1(F)F. The molecule has 3 spiro atoms. The topological polar surface area (TPSA) is 239 Å². The highest BCUT2D eigenvalue weighted by Crippen LogP contribution is 2.56. The highest BCUT2D eigenvalue weighted by atomic mass is 19.4. The minimum absolute atomic E-state index is 0.00122. The highest BCUT2D eigenvalue weighted by molar-refractivity contribution is 5.94. The van der Waals surface area contributed by atoms with Crippen molar-refractivity contribution in [3.05, 3.63) is 71.7 Å². The number of halogens is 11. The number of pyridine rings is 3. The molecule has 21 nitrogen and oxygen atoms in total. The van der Waals surface area contributed by atoms with Crippen LogP contribution in [0.4, 0.5) is 66.1 Å². The van der Waals surface area contributed by atoms with Gasteiger partial charge < -0.3 is 14.7 Å². The molecule has 10 aliphatic rings. The maximum Gasteiger partial charge on any atom is 0.397 e. The molecule has 10 fully saturated rings. The van der Waals surface area contributed by atoms with Crippen molar-refractivity contribution in [2.24, 2.45) is 39.9 Å². The van der Waals surface area contributed by atoms with Gasteiger partial charge in [0.25, 0.3) is 11.8 Å². The van der Waals surface area contributed by atoms with Crippen molar-refractivity contribution in [1.82, 2.24) is 58.5 Å². The van der Waals surface area contributed by atoms with Crippen molar-refractivity contribution in [3.8, 4) is 0 Å². The van der Waals surface area contributed by atoms with Gasteiger partial charge in [-0.25, -0.2) is 48.7 Å². The van der Waals surface area contributed by atoms with E-state index in [1.54, 1.807) is 51.9 Å². The minimum atomic E-state index is -4.52. The second kappa shape index (κ2) is 23.6. The molecule has 6 amide bonds. The summed E-state index contributed by atoms with van der Waals surface area (Å²) in [6, 6.07) is 15.7. The van der Waals surface area contributed by atoms with Crippen LogP contribution < -0.4 is 16.0 Å². The molecule has 7 saturated carbocycles. The van der Waals surface area contributed by atoms with E-state index in [4.69, 9.17) is 0 Å². The van der Waals surface area contributed by atoms with Gasteiger partial charge >= 0.3 is 6.18 Å². The van der Waals surface area contributed by atoms with Gasteiger partial charge in [0.15, 0.2) is 28.3 Å². The molecule has 0 aromatic carbocycles. The Labute approximate surface area is 541 Å². The third kappa shape index (κ3) is 13.2. The zero-order valence-corrected chi connectivity index (χ0v) is 52.0. The average Bonchev–Trinajstić information content (AvgIpc) is 1.32. The fourth-order valence-corrected chi connectivity index (χ4v) is 15.1. The second-order valence-electron chi connectivity index (χ2n) is 28.7. The fraction of sp³-hybridized carbons (Fsp3) is 0.625. The van der Waals surface area contributed by atoms with E-state index in [1.165, 1.54) is 18.8 Å². The number of amides is 6. The molecule has 2 unspecified atom stereocenters. The highest BCUT2D eigenvalue weighted by Gasteiger charge is 2.64. The number of nitrogens with one attached hydrogen (secondary N) is 3. The van der Waals surface area contributed by atoms with Gasteiger partial charge in [-0.05, 0) is 139 Å². The molecule has 3 aliphatic heterocycles. The molecule has 6 aromatic rings. The van der Waals surface area contributed by atoms with E-state index in [9.17, 15) is 68.3 Å². The van der Waals surface area contributed by atoms with Crippen molar-refractivity contribution < 1.29 is 77.1 Å². The predicted octanol–water partition coefficient (Wildman–Crippen LogP) is 10.4. The Kier molecular flexibility index (Phi) is 16.0. The summed E-state index contributed by atoms with van der Waals surface area (Å²) in [6.45, 7) is 2.39. The molecule has 3 saturated heterocycles. The maximum atomic E-state index is 16.0.